The number of amides is 1. The second kappa shape index (κ2) is 3.44. The van der Waals surface area contributed by atoms with Crippen molar-refractivity contribution in [2.45, 2.75) is 44.2 Å². The number of nitrogens with one attached hydrogen (secondary N) is 2. The van der Waals surface area contributed by atoms with E-state index in [0.29, 0.717) is 18.5 Å². The van der Waals surface area contributed by atoms with Gasteiger partial charge in [0.25, 0.3) is 0 Å². The minimum atomic E-state index is 0.242. The van der Waals surface area contributed by atoms with E-state index >= 15 is 0 Å². The fraction of sp³-hybridized carbons (Fsp3) is 0.889. The Morgan fingerprint density at radius 2 is 2.00 bits per heavy atom. The zero-order chi connectivity index (χ0) is 8.39. The number of fused-ring (bicyclic) bond motifs is 1. The van der Waals surface area contributed by atoms with Crippen LogP contribution >= 0.6 is 0 Å². The van der Waals surface area contributed by atoms with E-state index in [0.717, 1.165) is 25.8 Å². The van der Waals surface area contributed by atoms with Gasteiger partial charge in [-0.25, -0.2) is 0 Å². The van der Waals surface area contributed by atoms with Crippen LogP contribution in [0.4, 0.5) is 0 Å². The fourth-order valence-electron chi connectivity index (χ4n) is 2.19. The third-order valence-electron chi connectivity index (χ3n) is 2.85. The highest BCUT2D eigenvalue weighted by Gasteiger charge is 2.27. The van der Waals surface area contributed by atoms with Crippen molar-refractivity contribution in [3.8, 4) is 0 Å². The number of rotatable bonds is 0. The standard InChI is InChI=1S/C9H16N2O/c12-9-5-1-3-7-8(11-9)4-2-6-10-7/h7-8,10H,1-6H2,(H,11,12)/t7-,8-/m1/s1. The SMILES string of the molecule is O=C1CCC[C@H]2NCCC[C@H]2N1. The van der Waals surface area contributed by atoms with Gasteiger partial charge in [0.15, 0.2) is 0 Å². The molecule has 0 saturated carbocycles. The molecular formula is C9H16N2O. The summed E-state index contributed by atoms with van der Waals surface area (Å²) in [6.45, 7) is 1.12. The first-order valence-corrected chi connectivity index (χ1v) is 4.89. The van der Waals surface area contributed by atoms with Crippen molar-refractivity contribution in [1.29, 1.82) is 0 Å². The van der Waals surface area contributed by atoms with Crippen molar-refractivity contribution >= 4 is 5.91 Å². The van der Waals surface area contributed by atoms with Crippen LogP contribution in [0.15, 0.2) is 0 Å². The molecule has 2 saturated heterocycles. The first-order valence-electron chi connectivity index (χ1n) is 4.89. The summed E-state index contributed by atoms with van der Waals surface area (Å²) in [7, 11) is 0. The molecule has 2 fully saturated rings. The lowest BCUT2D eigenvalue weighted by Gasteiger charge is -2.31. The zero-order valence-corrected chi connectivity index (χ0v) is 7.31. The number of hydrogen-bond donors (Lipinski definition) is 2. The lowest BCUT2D eigenvalue weighted by atomic mass is 9.96. The molecule has 1 amide bonds. The van der Waals surface area contributed by atoms with Crippen LogP contribution in [0.5, 0.6) is 0 Å². The van der Waals surface area contributed by atoms with E-state index in [1.54, 1.807) is 0 Å². The molecule has 0 aromatic rings. The molecular weight excluding hydrogens is 152 g/mol. The van der Waals surface area contributed by atoms with Gasteiger partial charge in [-0.2, -0.15) is 0 Å². The van der Waals surface area contributed by atoms with Crippen LogP contribution in [0, 0.1) is 0 Å². The molecule has 2 heterocycles. The molecule has 0 unspecified atom stereocenters. The Hall–Kier alpha value is -0.570. The van der Waals surface area contributed by atoms with Gasteiger partial charge in [-0.15, -0.1) is 0 Å². The minimum Gasteiger partial charge on any atom is -0.352 e. The monoisotopic (exact) mass is 168 g/mol. The van der Waals surface area contributed by atoms with Crippen molar-refractivity contribution in [3.05, 3.63) is 0 Å². The average Bonchev–Trinajstić information content (AvgIpc) is 2.25. The molecule has 2 atom stereocenters. The summed E-state index contributed by atoms with van der Waals surface area (Å²) in [5, 5.41) is 6.55. The molecule has 3 heteroatoms. The van der Waals surface area contributed by atoms with Crippen LogP contribution in [0.1, 0.15) is 32.1 Å². The molecule has 0 aromatic carbocycles. The van der Waals surface area contributed by atoms with Crippen LogP contribution in [0.2, 0.25) is 0 Å². The molecule has 0 radical (unpaired) electrons. The molecule has 2 aliphatic rings. The summed E-state index contributed by atoms with van der Waals surface area (Å²) < 4.78 is 0. The third-order valence-corrected chi connectivity index (χ3v) is 2.85. The third kappa shape index (κ3) is 1.61. The predicted molar refractivity (Wildman–Crippen MR) is 46.8 cm³/mol. The summed E-state index contributed by atoms with van der Waals surface area (Å²) in [5.74, 6) is 0.242. The van der Waals surface area contributed by atoms with Gasteiger partial charge < -0.3 is 10.6 Å². The maximum absolute atomic E-state index is 11.2. The lowest BCUT2D eigenvalue weighted by Crippen LogP contribution is -2.51. The molecule has 2 aliphatic heterocycles. The Balaban J connectivity index is 2.01. The van der Waals surface area contributed by atoms with E-state index in [4.69, 9.17) is 0 Å². The molecule has 3 nitrogen and oxygen atoms in total. The molecule has 68 valence electrons. The fourth-order valence-corrected chi connectivity index (χ4v) is 2.19. The number of carbonyl (C=O) groups is 1. The van der Waals surface area contributed by atoms with Crippen LogP contribution in [-0.2, 0) is 4.79 Å². The van der Waals surface area contributed by atoms with Gasteiger partial charge in [0.05, 0.1) is 0 Å². The Bertz CT molecular complexity index is 181. The van der Waals surface area contributed by atoms with E-state index in [1.165, 1.54) is 6.42 Å². The maximum atomic E-state index is 11.2. The van der Waals surface area contributed by atoms with Crippen molar-refractivity contribution in [2.24, 2.45) is 0 Å². The van der Waals surface area contributed by atoms with Gasteiger partial charge in [-0.1, -0.05) is 0 Å². The number of carbonyl (C=O) groups excluding carboxylic acids is 1. The van der Waals surface area contributed by atoms with E-state index < -0.39 is 0 Å². The normalized spacial score (nSPS) is 36.5. The molecule has 0 aliphatic carbocycles. The first kappa shape index (κ1) is 8.05. The predicted octanol–water partition coefficient (Wildman–Crippen LogP) is 0.407. The number of hydrogen-bond acceptors (Lipinski definition) is 2. The highest BCUT2D eigenvalue weighted by atomic mass is 16.1. The summed E-state index contributed by atoms with van der Waals surface area (Å²) >= 11 is 0. The molecule has 2 N–H and O–H groups in total. The molecule has 2 rings (SSSR count). The lowest BCUT2D eigenvalue weighted by molar-refractivity contribution is -0.121. The molecule has 0 spiro atoms. The average molecular weight is 168 g/mol. The highest BCUT2D eigenvalue weighted by Crippen LogP contribution is 2.17. The Morgan fingerprint density at radius 1 is 1.17 bits per heavy atom. The molecule has 0 bridgehead atoms. The van der Waals surface area contributed by atoms with Gasteiger partial charge in [0.1, 0.15) is 0 Å². The summed E-state index contributed by atoms with van der Waals surface area (Å²) in [5.41, 5.74) is 0. The van der Waals surface area contributed by atoms with Crippen LogP contribution in [0.25, 0.3) is 0 Å². The maximum Gasteiger partial charge on any atom is 0.220 e. The Morgan fingerprint density at radius 3 is 2.92 bits per heavy atom. The van der Waals surface area contributed by atoms with Crippen molar-refractivity contribution < 1.29 is 4.79 Å². The number of piperidine rings is 1. The quantitative estimate of drug-likeness (QED) is 0.550. The van der Waals surface area contributed by atoms with E-state index in [-0.39, 0.29) is 5.91 Å². The second-order valence-corrected chi connectivity index (χ2v) is 3.77. The van der Waals surface area contributed by atoms with Crippen LogP contribution < -0.4 is 10.6 Å². The topological polar surface area (TPSA) is 41.1 Å². The van der Waals surface area contributed by atoms with Gasteiger partial charge in [-0.3, -0.25) is 4.79 Å². The second-order valence-electron chi connectivity index (χ2n) is 3.77. The molecule has 0 aromatic heterocycles. The Labute approximate surface area is 72.9 Å². The summed E-state index contributed by atoms with van der Waals surface area (Å²) in [6.07, 6.45) is 5.27. The van der Waals surface area contributed by atoms with Gasteiger partial charge in [0.2, 0.25) is 5.91 Å². The van der Waals surface area contributed by atoms with Crippen LogP contribution in [0.3, 0.4) is 0 Å². The van der Waals surface area contributed by atoms with Gasteiger partial charge in [-0.05, 0) is 32.2 Å². The highest BCUT2D eigenvalue weighted by molar-refractivity contribution is 5.76. The van der Waals surface area contributed by atoms with E-state index in [1.807, 2.05) is 0 Å². The van der Waals surface area contributed by atoms with Crippen LogP contribution in [-0.4, -0.2) is 24.5 Å². The van der Waals surface area contributed by atoms with E-state index in [2.05, 4.69) is 10.6 Å². The summed E-state index contributed by atoms with van der Waals surface area (Å²) in [6, 6.07) is 0.957. The van der Waals surface area contributed by atoms with Crippen molar-refractivity contribution in [1.82, 2.24) is 10.6 Å². The largest absolute Gasteiger partial charge is 0.352 e. The van der Waals surface area contributed by atoms with Gasteiger partial charge >= 0.3 is 0 Å². The first-order chi connectivity index (χ1) is 5.86. The van der Waals surface area contributed by atoms with Gasteiger partial charge in [0, 0.05) is 18.5 Å². The molecule has 12 heavy (non-hydrogen) atoms. The van der Waals surface area contributed by atoms with E-state index in [9.17, 15) is 4.79 Å². The summed E-state index contributed by atoms with van der Waals surface area (Å²) in [4.78, 5) is 11.2. The smallest absolute Gasteiger partial charge is 0.220 e. The minimum absolute atomic E-state index is 0.242. The zero-order valence-electron chi connectivity index (χ0n) is 7.31. The van der Waals surface area contributed by atoms with Crippen molar-refractivity contribution in [3.63, 3.8) is 0 Å². The Kier molecular flexibility index (Phi) is 2.30. The van der Waals surface area contributed by atoms with Crippen molar-refractivity contribution in [2.75, 3.05) is 6.54 Å².